The van der Waals surface area contributed by atoms with Gasteiger partial charge < -0.3 is 0 Å². The molecule has 1 atom stereocenters. The number of hydrogen-bond acceptors (Lipinski definition) is 3. The third kappa shape index (κ3) is 4.90. The minimum absolute atomic E-state index is 0.122. The molecule has 1 aliphatic heterocycles. The molecule has 0 aliphatic carbocycles. The van der Waals surface area contributed by atoms with Crippen molar-refractivity contribution in [2.24, 2.45) is 0 Å². The van der Waals surface area contributed by atoms with Crippen molar-refractivity contribution in [1.29, 1.82) is 0 Å². The average Bonchev–Trinajstić information content (AvgIpc) is 2.90. The zero-order valence-electron chi connectivity index (χ0n) is 18.9. The van der Waals surface area contributed by atoms with Crippen molar-refractivity contribution >= 4 is 39.1 Å². The van der Waals surface area contributed by atoms with Gasteiger partial charge in [0.15, 0.2) is 0 Å². The number of rotatable bonds is 8. The van der Waals surface area contributed by atoms with Gasteiger partial charge in [-0.15, -0.1) is 0 Å². The van der Waals surface area contributed by atoms with Crippen LogP contribution in [0.5, 0.6) is 11.5 Å². The molecular weight excluding hydrogens is 507 g/mol. The summed E-state index contributed by atoms with van der Waals surface area (Å²) in [6, 6.07) is 38.6. The Morgan fingerprint density at radius 2 is 1.29 bits per heavy atom. The summed E-state index contributed by atoms with van der Waals surface area (Å²) in [6.07, 6.45) is 0.823. The Labute approximate surface area is 210 Å². The van der Waals surface area contributed by atoms with Crippen LogP contribution in [0.4, 0.5) is 0 Å². The topological polar surface area (TPSA) is 27.7 Å². The quantitative estimate of drug-likeness (QED) is 0.226. The predicted molar refractivity (Wildman–Crippen MR) is 146 cm³/mol. The van der Waals surface area contributed by atoms with Gasteiger partial charge in [0.25, 0.3) is 0 Å². The van der Waals surface area contributed by atoms with Gasteiger partial charge in [0.1, 0.15) is 0 Å². The molecule has 0 bridgehead atoms. The Bertz CT molecular complexity index is 1110. The van der Waals surface area contributed by atoms with Crippen molar-refractivity contribution < 1.29 is 14.2 Å². The van der Waals surface area contributed by atoms with Crippen molar-refractivity contribution in [2.45, 2.75) is 6.10 Å². The van der Waals surface area contributed by atoms with E-state index in [0.717, 1.165) is 22.1 Å². The summed E-state index contributed by atoms with van der Waals surface area (Å²) < 4.78 is 19.2. The summed E-state index contributed by atoms with van der Waals surface area (Å²) in [6.45, 7) is 1.64. The van der Waals surface area contributed by atoms with Crippen molar-refractivity contribution in [3.05, 3.63) is 114 Å². The normalized spacial score (nSPS) is 15.6. The van der Waals surface area contributed by atoms with Gasteiger partial charge in [-0.25, -0.2) is 0 Å². The molecular formula is C29H28BrO3P. The fourth-order valence-electron chi connectivity index (χ4n) is 4.71. The monoisotopic (exact) mass is 534 g/mol. The Morgan fingerprint density at radius 1 is 0.735 bits per heavy atom. The molecule has 4 aromatic rings. The van der Waals surface area contributed by atoms with E-state index >= 15 is 0 Å². The van der Waals surface area contributed by atoms with E-state index in [-0.39, 0.29) is 6.10 Å². The summed E-state index contributed by atoms with van der Waals surface area (Å²) in [5.74, 6) is 1.54. The molecule has 0 N–H and O–H groups in total. The second-order valence-corrected chi connectivity index (χ2v) is 13.4. The van der Waals surface area contributed by atoms with E-state index < -0.39 is 7.26 Å². The average molecular weight is 535 g/mol. The first-order chi connectivity index (χ1) is 16.8. The number of ether oxygens (including phenoxy) is 3. The maximum atomic E-state index is 6.26. The van der Waals surface area contributed by atoms with E-state index in [0.29, 0.717) is 19.8 Å². The second-order valence-electron chi connectivity index (χ2n) is 8.47. The SMILES string of the molecule is Brc1ccc2c(c1)O[C@@H](COCC[PH](c1ccccc1)(c1ccccc1)c1ccccc1)CO2. The fourth-order valence-corrected chi connectivity index (χ4v) is 9.65. The molecule has 0 saturated carbocycles. The van der Waals surface area contributed by atoms with E-state index in [1.165, 1.54) is 15.9 Å². The van der Waals surface area contributed by atoms with Crippen LogP contribution in [0.3, 0.4) is 0 Å². The van der Waals surface area contributed by atoms with Crippen molar-refractivity contribution in [3.8, 4) is 11.5 Å². The summed E-state index contributed by atoms with van der Waals surface area (Å²) in [4.78, 5) is 0. The standard InChI is InChI=1S/C29H28BrO3P/c30-23-16-17-28-29(20-23)33-24(22-32-28)21-31-18-19-34(25-10-4-1-5-11-25,26-12-6-2-7-13-26)27-14-8-3-9-15-27/h1-17,20,24,34H,18-19,21-22H2/t24-/m0/s1. The molecule has 3 nitrogen and oxygen atoms in total. The molecule has 0 aromatic heterocycles. The summed E-state index contributed by atoms with van der Waals surface area (Å²) in [5.41, 5.74) is 0. The molecule has 4 aromatic carbocycles. The van der Waals surface area contributed by atoms with Gasteiger partial charge in [-0.1, -0.05) is 0 Å². The third-order valence-corrected chi connectivity index (χ3v) is 11.8. The van der Waals surface area contributed by atoms with Crippen LogP contribution in [0.25, 0.3) is 0 Å². The molecule has 0 fully saturated rings. The van der Waals surface area contributed by atoms with E-state index in [2.05, 4.69) is 107 Å². The number of hydrogen-bond donors (Lipinski definition) is 0. The second kappa shape index (κ2) is 10.7. The van der Waals surface area contributed by atoms with Gasteiger partial charge in [-0.05, 0) is 0 Å². The van der Waals surface area contributed by atoms with Crippen molar-refractivity contribution in [2.75, 3.05) is 26.0 Å². The maximum absolute atomic E-state index is 6.26. The molecule has 5 rings (SSSR count). The minimum atomic E-state index is -2.28. The number of benzene rings is 4. The zero-order chi connectivity index (χ0) is 23.2. The Balaban J connectivity index is 1.37. The Morgan fingerprint density at radius 3 is 1.85 bits per heavy atom. The molecule has 0 unspecified atom stereocenters. The van der Waals surface area contributed by atoms with Crippen molar-refractivity contribution in [1.82, 2.24) is 0 Å². The van der Waals surface area contributed by atoms with E-state index in [9.17, 15) is 0 Å². The first-order valence-corrected chi connectivity index (χ1v) is 14.6. The zero-order valence-corrected chi connectivity index (χ0v) is 21.5. The molecule has 0 spiro atoms. The van der Waals surface area contributed by atoms with E-state index in [4.69, 9.17) is 14.2 Å². The van der Waals surface area contributed by atoms with Crippen LogP contribution in [0.15, 0.2) is 114 Å². The van der Waals surface area contributed by atoms with Crippen molar-refractivity contribution in [3.63, 3.8) is 0 Å². The first kappa shape index (κ1) is 23.1. The van der Waals surface area contributed by atoms with Crippen LogP contribution >= 0.6 is 23.2 Å². The number of halogens is 1. The van der Waals surface area contributed by atoms with Gasteiger partial charge in [0.2, 0.25) is 0 Å². The third-order valence-electron chi connectivity index (χ3n) is 6.35. The van der Waals surface area contributed by atoms with Crippen LogP contribution in [0.2, 0.25) is 0 Å². The fraction of sp³-hybridized carbons (Fsp3) is 0.172. The van der Waals surface area contributed by atoms with Gasteiger partial charge in [-0.2, -0.15) is 0 Å². The molecule has 5 heteroatoms. The number of fused-ring (bicyclic) bond motifs is 1. The molecule has 0 saturated heterocycles. The molecule has 1 heterocycles. The van der Waals surface area contributed by atoms with Crippen LogP contribution in [0, 0.1) is 0 Å². The Hall–Kier alpha value is -2.65. The molecule has 174 valence electrons. The summed E-state index contributed by atoms with van der Waals surface area (Å²) in [5, 5.41) is 4.19. The summed E-state index contributed by atoms with van der Waals surface area (Å²) >= 11 is 3.50. The van der Waals surface area contributed by atoms with Crippen LogP contribution in [-0.4, -0.2) is 32.1 Å². The van der Waals surface area contributed by atoms with Gasteiger partial charge in [-0.3, -0.25) is 0 Å². The van der Waals surface area contributed by atoms with Gasteiger partial charge in [0.05, 0.1) is 0 Å². The van der Waals surface area contributed by atoms with Crippen LogP contribution in [-0.2, 0) is 4.74 Å². The van der Waals surface area contributed by atoms with E-state index in [1.807, 2.05) is 18.2 Å². The van der Waals surface area contributed by atoms with Crippen LogP contribution in [0.1, 0.15) is 0 Å². The molecule has 0 amide bonds. The van der Waals surface area contributed by atoms with E-state index in [1.54, 1.807) is 0 Å². The predicted octanol–water partition coefficient (Wildman–Crippen LogP) is 5.33. The molecule has 1 aliphatic rings. The summed E-state index contributed by atoms with van der Waals surface area (Å²) in [7, 11) is -2.28. The van der Waals surface area contributed by atoms with Gasteiger partial charge >= 0.3 is 211 Å². The van der Waals surface area contributed by atoms with Crippen LogP contribution < -0.4 is 25.4 Å². The van der Waals surface area contributed by atoms with Gasteiger partial charge in [0, 0.05) is 0 Å². The molecule has 34 heavy (non-hydrogen) atoms. The Kier molecular flexibility index (Phi) is 7.30. The first-order valence-electron chi connectivity index (χ1n) is 11.6. The molecule has 0 radical (unpaired) electrons.